The van der Waals surface area contributed by atoms with Crippen LogP contribution >= 0.6 is 0 Å². The molecule has 0 radical (unpaired) electrons. The van der Waals surface area contributed by atoms with E-state index >= 15 is 0 Å². The number of rotatable bonds is 5. The molecule has 0 saturated carbocycles. The fraction of sp³-hybridized carbons (Fsp3) is 0.391. The summed E-state index contributed by atoms with van der Waals surface area (Å²) < 4.78 is 70.7. The fourth-order valence-electron chi connectivity index (χ4n) is 4.39. The highest BCUT2D eigenvalue weighted by Gasteiger charge is 2.33. The number of amides is 1. The van der Waals surface area contributed by atoms with E-state index in [4.69, 9.17) is 0 Å². The summed E-state index contributed by atoms with van der Waals surface area (Å²) in [5.74, 6) is -2.34. The first-order valence-electron chi connectivity index (χ1n) is 11.1. The van der Waals surface area contributed by atoms with Crippen LogP contribution in [0.5, 0.6) is 0 Å². The number of pyridine rings is 2. The first-order chi connectivity index (χ1) is 17.1. The lowest BCUT2D eigenvalue weighted by Gasteiger charge is -2.38. The molecule has 5 heterocycles. The first kappa shape index (κ1) is 24.1. The largest absolute Gasteiger partial charge is 0.396 e. The molecule has 0 spiro atoms. The smallest absolute Gasteiger partial charge is 0.289 e. The molecule has 1 fully saturated rings. The lowest BCUT2D eigenvalue weighted by Crippen LogP contribution is -2.43. The third-order valence-corrected chi connectivity index (χ3v) is 6.66. The van der Waals surface area contributed by atoms with E-state index in [1.807, 2.05) is 6.92 Å². The van der Waals surface area contributed by atoms with Crippen molar-refractivity contribution >= 4 is 22.5 Å². The van der Waals surface area contributed by atoms with Crippen LogP contribution in [0.1, 0.15) is 36.5 Å². The van der Waals surface area contributed by atoms with Gasteiger partial charge in [0.2, 0.25) is 0 Å². The summed E-state index contributed by atoms with van der Waals surface area (Å²) in [6.45, 7) is 2.64. The molecule has 0 aliphatic carbocycles. The number of piperidine rings is 1. The number of nitrogens with zero attached hydrogens (tertiary/aromatic N) is 6. The van der Waals surface area contributed by atoms with Gasteiger partial charge in [0, 0.05) is 43.5 Å². The van der Waals surface area contributed by atoms with Gasteiger partial charge in [0.25, 0.3) is 18.6 Å². The highest BCUT2D eigenvalue weighted by atomic mass is 19.3. The lowest BCUT2D eigenvalue weighted by molar-refractivity contribution is 0.00356. The van der Waals surface area contributed by atoms with Crippen molar-refractivity contribution in [1.82, 2.24) is 29.0 Å². The van der Waals surface area contributed by atoms with Crippen molar-refractivity contribution in [2.75, 3.05) is 19.7 Å². The van der Waals surface area contributed by atoms with Crippen LogP contribution in [0.15, 0.2) is 30.7 Å². The quantitative estimate of drug-likeness (QED) is 0.412. The van der Waals surface area contributed by atoms with E-state index in [-0.39, 0.29) is 45.7 Å². The maximum Gasteiger partial charge on any atom is 0.289 e. The van der Waals surface area contributed by atoms with Gasteiger partial charge >= 0.3 is 0 Å². The van der Waals surface area contributed by atoms with Crippen molar-refractivity contribution in [3.05, 3.63) is 48.1 Å². The van der Waals surface area contributed by atoms with Gasteiger partial charge in [-0.05, 0) is 24.3 Å². The fourth-order valence-corrected chi connectivity index (χ4v) is 4.39. The lowest BCUT2D eigenvalue weighted by atomic mass is 9.81. The van der Waals surface area contributed by atoms with E-state index in [0.717, 1.165) is 16.8 Å². The van der Waals surface area contributed by atoms with Crippen molar-refractivity contribution in [3.63, 3.8) is 0 Å². The van der Waals surface area contributed by atoms with Gasteiger partial charge in [-0.25, -0.2) is 31.6 Å². The molecule has 4 aromatic rings. The monoisotopic (exact) mass is 508 g/mol. The number of aromatic nitrogens is 5. The summed E-state index contributed by atoms with van der Waals surface area (Å²) in [5, 5.41) is 13.6. The Kier molecular flexibility index (Phi) is 5.89. The molecule has 190 valence electrons. The molecular weight excluding hydrogens is 487 g/mol. The summed E-state index contributed by atoms with van der Waals surface area (Å²) >= 11 is 0. The minimum Gasteiger partial charge on any atom is -0.396 e. The summed E-state index contributed by atoms with van der Waals surface area (Å²) in [6, 6.07) is 1.81. The summed E-state index contributed by atoms with van der Waals surface area (Å²) in [5.41, 5.74) is -0.838. The van der Waals surface area contributed by atoms with Crippen molar-refractivity contribution < 1.29 is 31.9 Å². The third kappa shape index (κ3) is 3.96. The number of carbonyl (C=O) groups excluding carboxylic acids is 1. The van der Waals surface area contributed by atoms with Gasteiger partial charge in [-0.1, -0.05) is 6.92 Å². The Hall–Kier alpha value is -3.61. The number of likely N-dealkylation sites (tertiary alicyclic amines) is 1. The molecular formula is C23H21F5N6O2. The number of fused-ring (bicyclic) bond motifs is 2. The van der Waals surface area contributed by atoms with Gasteiger partial charge in [-0.15, -0.1) is 0 Å². The van der Waals surface area contributed by atoms with Gasteiger partial charge < -0.3 is 10.0 Å². The molecule has 13 heteroatoms. The maximum absolute atomic E-state index is 14.6. The van der Waals surface area contributed by atoms with Crippen molar-refractivity contribution in [2.45, 2.75) is 32.5 Å². The Morgan fingerprint density at radius 1 is 1.14 bits per heavy atom. The zero-order chi connectivity index (χ0) is 25.8. The van der Waals surface area contributed by atoms with E-state index < -0.39 is 30.3 Å². The number of hydrogen-bond acceptors (Lipinski definition) is 5. The second-order valence-electron chi connectivity index (χ2n) is 9.19. The number of aliphatic hydroxyl groups is 1. The number of imidazole rings is 1. The molecule has 1 N–H and O–H groups in total. The molecule has 0 bridgehead atoms. The van der Waals surface area contributed by atoms with E-state index in [0.29, 0.717) is 36.7 Å². The molecule has 1 saturated heterocycles. The SMILES string of the molecule is CC1(CO)CCN(C(=O)c2cc3c(cn2)c(-c2cnc4c(F)cc(F)cn24)nn3C(F)C(F)F)CC1. The van der Waals surface area contributed by atoms with Gasteiger partial charge in [0.1, 0.15) is 17.2 Å². The van der Waals surface area contributed by atoms with Gasteiger partial charge in [0.05, 0.1) is 17.4 Å². The van der Waals surface area contributed by atoms with Crippen LogP contribution < -0.4 is 0 Å². The highest BCUT2D eigenvalue weighted by molar-refractivity contribution is 5.99. The third-order valence-electron chi connectivity index (χ3n) is 6.66. The van der Waals surface area contributed by atoms with Gasteiger partial charge in [-0.3, -0.25) is 14.2 Å². The first-order valence-corrected chi connectivity index (χ1v) is 11.1. The van der Waals surface area contributed by atoms with E-state index in [1.165, 1.54) is 17.2 Å². The predicted octanol–water partition coefficient (Wildman–Crippen LogP) is 3.99. The van der Waals surface area contributed by atoms with Crippen LogP contribution in [0, 0.1) is 17.0 Å². The Morgan fingerprint density at radius 3 is 2.53 bits per heavy atom. The van der Waals surface area contributed by atoms with Gasteiger partial charge in [-0.2, -0.15) is 5.10 Å². The molecule has 1 aliphatic heterocycles. The molecule has 4 aromatic heterocycles. The molecule has 36 heavy (non-hydrogen) atoms. The van der Waals surface area contributed by atoms with Crippen LogP contribution in [0.3, 0.4) is 0 Å². The Labute approximate surface area is 201 Å². The molecule has 5 rings (SSSR count). The van der Waals surface area contributed by atoms with E-state index in [2.05, 4.69) is 15.1 Å². The van der Waals surface area contributed by atoms with E-state index in [9.17, 15) is 31.9 Å². The zero-order valence-electron chi connectivity index (χ0n) is 19.0. The predicted molar refractivity (Wildman–Crippen MR) is 118 cm³/mol. The number of halogens is 5. The second-order valence-corrected chi connectivity index (χ2v) is 9.19. The number of hydrogen-bond donors (Lipinski definition) is 1. The van der Waals surface area contributed by atoms with Crippen molar-refractivity contribution in [3.8, 4) is 11.4 Å². The second kappa shape index (κ2) is 8.80. The Balaban J connectivity index is 1.60. The average Bonchev–Trinajstić information content (AvgIpc) is 3.44. The number of carbonyl (C=O) groups is 1. The molecule has 8 nitrogen and oxygen atoms in total. The summed E-state index contributed by atoms with van der Waals surface area (Å²) in [6.07, 6.45) is -1.85. The number of alkyl halides is 3. The molecule has 1 unspecified atom stereocenters. The minimum atomic E-state index is -3.43. The topological polar surface area (TPSA) is 88.5 Å². The van der Waals surface area contributed by atoms with E-state index in [1.54, 1.807) is 0 Å². The molecule has 1 aliphatic rings. The average molecular weight is 508 g/mol. The highest BCUT2D eigenvalue weighted by Crippen LogP contribution is 2.34. The van der Waals surface area contributed by atoms with Crippen LogP contribution in [-0.4, -0.2) is 66.2 Å². The summed E-state index contributed by atoms with van der Waals surface area (Å²) in [7, 11) is 0. The normalized spacial score (nSPS) is 16.8. The number of aliphatic hydroxyl groups excluding tert-OH is 1. The minimum absolute atomic E-state index is 0.0101. The van der Waals surface area contributed by atoms with Crippen LogP contribution in [0.25, 0.3) is 27.9 Å². The molecule has 0 aromatic carbocycles. The molecule has 1 amide bonds. The Bertz CT molecular complexity index is 1460. The maximum atomic E-state index is 14.6. The van der Waals surface area contributed by atoms with Crippen molar-refractivity contribution in [2.24, 2.45) is 5.41 Å². The zero-order valence-corrected chi connectivity index (χ0v) is 19.0. The summed E-state index contributed by atoms with van der Waals surface area (Å²) in [4.78, 5) is 22.7. The van der Waals surface area contributed by atoms with Crippen molar-refractivity contribution in [1.29, 1.82) is 0 Å². The van der Waals surface area contributed by atoms with Crippen LogP contribution in [0.4, 0.5) is 22.0 Å². The standard InChI is InChI=1S/C23H21F5N6O2/c1-23(11-35)2-4-32(5-3-23)22(36)15-7-16-13(8-29-15)18(31-34(16)20(28)19(26)27)17-9-30-21-14(25)6-12(24)10-33(17)21/h6-10,19-20,35H,2-5,11H2,1H3. The van der Waals surface area contributed by atoms with Gasteiger partial charge in [0.15, 0.2) is 11.5 Å². The Morgan fingerprint density at radius 2 is 1.86 bits per heavy atom. The van der Waals surface area contributed by atoms with Crippen LogP contribution in [-0.2, 0) is 0 Å². The molecule has 1 atom stereocenters. The van der Waals surface area contributed by atoms with Crippen LogP contribution in [0.2, 0.25) is 0 Å².